The molecule has 2 rings (SSSR count). The van der Waals surface area contributed by atoms with E-state index in [2.05, 4.69) is 21.9 Å². The van der Waals surface area contributed by atoms with E-state index in [-0.39, 0.29) is 29.1 Å². The van der Waals surface area contributed by atoms with Crippen LogP contribution >= 0.6 is 0 Å². The van der Waals surface area contributed by atoms with Crippen LogP contribution in [0.25, 0.3) is 0 Å². The second-order valence-electron chi connectivity index (χ2n) is 4.91. The van der Waals surface area contributed by atoms with Gasteiger partial charge in [-0.3, -0.25) is 4.79 Å². The SMILES string of the molecule is C=CCNC(=O)c1ccnc(N(C)C2CCS(=O)(=O)C2)n1. The molecule has 0 aliphatic carbocycles. The molecule has 1 aromatic rings. The molecule has 1 amide bonds. The van der Waals surface area contributed by atoms with Crippen LogP contribution in [0, 0.1) is 0 Å². The lowest BCUT2D eigenvalue weighted by Crippen LogP contribution is -2.34. The van der Waals surface area contributed by atoms with Crippen LogP contribution in [-0.4, -0.2) is 55.4 Å². The van der Waals surface area contributed by atoms with Gasteiger partial charge in [-0.1, -0.05) is 6.08 Å². The highest BCUT2D eigenvalue weighted by Gasteiger charge is 2.31. The van der Waals surface area contributed by atoms with Crippen LogP contribution in [0.1, 0.15) is 16.9 Å². The summed E-state index contributed by atoms with van der Waals surface area (Å²) in [6.45, 7) is 3.88. The van der Waals surface area contributed by atoms with E-state index in [0.29, 0.717) is 18.9 Å². The summed E-state index contributed by atoms with van der Waals surface area (Å²) in [4.78, 5) is 21.9. The van der Waals surface area contributed by atoms with Crippen molar-refractivity contribution in [2.45, 2.75) is 12.5 Å². The van der Waals surface area contributed by atoms with Gasteiger partial charge >= 0.3 is 0 Å². The summed E-state index contributed by atoms with van der Waals surface area (Å²) in [5.41, 5.74) is 0.245. The van der Waals surface area contributed by atoms with Crippen molar-refractivity contribution in [3.05, 3.63) is 30.6 Å². The van der Waals surface area contributed by atoms with Gasteiger partial charge in [-0.05, 0) is 12.5 Å². The molecule has 0 radical (unpaired) electrons. The van der Waals surface area contributed by atoms with E-state index in [1.807, 2.05) is 0 Å². The van der Waals surface area contributed by atoms with E-state index < -0.39 is 9.84 Å². The molecule has 2 heterocycles. The Morgan fingerprint density at radius 1 is 1.62 bits per heavy atom. The second-order valence-corrected chi connectivity index (χ2v) is 7.14. The van der Waals surface area contributed by atoms with Crippen LogP contribution in [0.5, 0.6) is 0 Å². The first-order chi connectivity index (χ1) is 9.93. The number of carbonyl (C=O) groups excluding carboxylic acids is 1. The Bertz CT molecular complexity index is 645. The van der Waals surface area contributed by atoms with Crippen LogP contribution in [-0.2, 0) is 9.84 Å². The number of hydrogen-bond donors (Lipinski definition) is 1. The molecule has 1 N–H and O–H groups in total. The van der Waals surface area contributed by atoms with E-state index in [1.165, 1.54) is 12.3 Å². The Morgan fingerprint density at radius 3 is 3.00 bits per heavy atom. The number of amides is 1. The highest BCUT2D eigenvalue weighted by molar-refractivity contribution is 7.91. The fraction of sp³-hybridized carbons (Fsp3) is 0.462. The zero-order valence-corrected chi connectivity index (χ0v) is 12.6. The lowest BCUT2D eigenvalue weighted by atomic mass is 10.2. The molecular weight excluding hydrogens is 292 g/mol. The van der Waals surface area contributed by atoms with Crippen LogP contribution in [0.2, 0.25) is 0 Å². The molecule has 1 fully saturated rings. The first-order valence-electron chi connectivity index (χ1n) is 6.58. The van der Waals surface area contributed by atoms with Gasteiger partial charge in [-0.2, -0.15) is 0 Å². The fourth-order valence-corrected chi connectivity index (χ4v) is 3.92. The molecule has 1 unspecified atom stereocenters. The van der Waals surface area contributed by atoms with Crippen molar-refractivity contribution in [1.82, 2.24) is 15.3 Å². The number of sulfone groups is 1. The summed E-state index contributed by atoms with van der Waals surface area (Å²) in [5, 5.41) is 2.64. The highest BCUT2D eigenvalue weighted by atomic mass is 32.2. The van der Waals surface area contributed by atoms with Gasteiger partial charge in [-0.15, -0.1) is 6.58 Å². The summed E-state index contributed by atoms with van der Waals surface area (Å²) in [6.07, 6.45) is 3.62. The van der Waals surface area contributed by atoms with Gasteiger partial charge in [0.1, 0.15) is 5.69 Å². The van der Waals surface area contributed by atoms with Gasteiger partial charge in [0, 0.05) is 25.8 Å². The van der Waals surface area contributed by atoms with E-state index >= 15 is 0 Å². The van der Waals surface area contributed by atoms with Gasteiger partial charge in [-0.25, -0.2) is 18.4 Å². The van der Waals surface area contributed by atoms with E-state index in [4.69, 9.17) is 0 Å². The molecule has 1 aliphatic rings. The number of anilines is 1. The molecular formula is C13H18N4O3S. The monoisotopic (exact) mass is 310 g/mol. The molecule has 0 spiro atoms. The maximum absolute atomic E-state index is 11.8. The second kappa shape index (κ2) is 6.21. The van der Waals surface area contributed by atoms with Crippen molar-refractivity contribution < 1.29 is 13.2 Å². The highest BCUT2D eigenvalue weighted by Crippen LogP contribution is 2.20. The van der Waals surface area contributed by atoms with E-state index in [1.54, 1.807) is 18.0 Å². The van der Waals surface area contributed by atoms with Crippen molar-refractivity contribution in [3.63, 3.8) is 0 Å². The first-order valence-corrected chi connectivity index (χ1v) is 8.40. The largest absolute Gasteiger partial charge is 0.347 e. The molecule has 0 aromatic carbocycles. The van der Waals surface area contributed by atoms with Gasteiger partial charge in [0.05, 0.1) is 11.5 Å². The average Bonchev–Trinajstić information content (AvgIpc) is 2.84. The van der Waals surface area contributed by atoms with Gasteiger partial charge < -0.3 is 10.2 Å². The third-order valence-electron chi connectivity index (χ3n) is 3.35. The van der Waals surface area contributed by atoms with Crippen molar-refractivity contribution in [1.29, 1.82) is 0 Å². The molecule has 7 nitrogen and oxygen atoms in total. The van der Waals surface area contributed by atoms with Gasteiger partial charge in [0.25, 0.3) is 5.91 Å². The zero-order chi connectivity index (χ0) is 15.5. The maximum atomic E-state index is 11.8. The average molecular weight is 310 g/mol. The number of carbonyl (C=O) groups is 1. The Balaban J connectivity index is 2.13. The van der Waals surface area contributed by atoms with Crippen molar-refractivity contribution >= 4 is 21.7 Å². The van der Waals surface area contributed by atoms with Crippen LogP contribution in [0.3, 0.4) is 0 Å². The zero-order valence-electron chi connectivity index (χ0n) is 11.8. The topological polar surface area (TPSA) is 92.3 Å². The molecule has 0 bridgehead atoms. The molecule has 0 saturated carbocycles. The molecule has 1 aliphatic heterocycles. The van der Waals surface area contributed by atoms with Crippen molar-refractivity contribution in [2.24, 2.45) is 0 Å². The summed E-state index contributed by atoms with van der Waals surface area (Å²) >= 11 is 0. The molecule has 8 heteroatoms. The van der Waals surface area contributed by atoms with Gasteiger partial charge in [0.2, 0.25) is 5.95 Å². The first kappa shape index (κ1) is 15.4. The number of nitrogens with zero attached hydrogens (tertiary/aromatic N) is 3. The minimum atomic E-state index is -2.97. The Labute approximate surface area is 124 Å². The Hall–Kier alpha value is -1.96. The van der Waals surface area contributed by atoms with Crippen molar-refractivity contribution in [2.75, 3.05) is 30.0 Å². The molecule has 1 aromatic heterocycles. The van der Waals surface area contributed by atoms with Crippen LogP contribution in [0.4, 0.5) is 5.95 Å². The number of hydrogen-bond acceptors (Lipinski definition) is 6. The number of rotatable bonds is 5. The maximum Gasteiger partial charge on any atom is 0.270 e. The standard InChI is InChI=1S/C13H18N4O3S/c1-3-6-14-12(18)11-4-7-15-13(16-11)17(2)10-5-8-21(19,20)9-10/h3-4,7,10H,1,5-6,8-9H2,2H3,(H,14,18). The minimum Gasteiger partial charge on any atom is -0.347 e. The predicted octanol–water partition coefficient (Wildman–Crippen LogP) is 0.0157. The summed E-state index contributed by atoms with van der Waals surface area (Å²) < 4.78 is 23.1. The quantitative estimate of drug-likeness (QED) is 0.771. The molecule has 1 saturated heterocycles. The molecule has 1 atom stereocenters. The molecule has 21 heavy (non-hydrogen) atoms. The Kier molecular flexibility index (Phi) is 4.56. The smallest absolute Gasteiger partial charge is 0.270 e. The third kappa shape index (κ3) is 3.78. The van der Waals surface area contributed by atoms with Crippen molar-refractivity contribution in [3.8, 4) is 0 Å². The lowest BCUT2D eigenvalue weighted by molar-refractivity contribution is 0.0953. The minimum absolute atomic E-state index is 0.0970. The third-order valence-corrected chi connectivity index (χ3v) is 5.10. The van der Waals surface area contributed by atoms with Gasteiger partial charge in [0.15, 0.2) is 9.84 Å². The van der Waals surface area contributed by atoms with Crippen LogP contribution < -0.4 is 10.2 Å². The predicted molar refractivity (Wildman–Crippen MR) is 80.0 cm³/mol. The fourth-order valence-electron chi connectivity index (χ4n) is 2.14. The summed E-state index contributed by atoms with van der Waals surface area (Å²) in [5.74, 6) is 0.315. The van der Waals surface area contributed by atoms with Crippen LogP contribution in [0.15, 0.2) is 24.9 Å². The summed E-state index contributed by atoms with van der Waals surface area (Å²) in [6, 6.07) is 1.36. The molecule has 114 valence electrons. The van der Waals surface area contributed by atoms with E-state index in [9.17, 15) is 13.2 Å². The summed E-state index contributed by atoms with van der Waals surface area (Å²) in [7, 11) is -1.23. The number of nitrogens with one attached hydrogen (secondary N) is 1. The number of aromatic nitrogens is 2. The normalized spacial score (nSPS) is 20.0. The Morgan fingerprint density at radius 2 is 2.38 bits per heavy atom. The van der Waals surface area contributed by atoms with E-state index in [0.717, 1.165) is 0 Å². The lowest BCUT2D eigenvalue weighted by Gasteiger charge is -2.23.